The number of rotatable bonds is 3. The van der Waals surface area contributed by atoms with Crippen molar-refractivity contribution in [2.24, 2.45) is 0 Å². The van der Waals surface area contributed by atoms with E-state index >= 15 is 0 Å². The van der Waals surface area contributed by atoms with Crippen LogP contribution in [-0.2, 0) is 12.7 Å². The summed E-state index contributed by atoms with van der Waals surface area (Å²) in [5, 5.41) is 3.66. The molecule has 0 amide bonds. The lowest BCUT2D eigenvalue weighted by atomic mass is 9.93. The maximum Gasteiger partial charge on any atom is 0.433 e. The fourth-order valence-electron chi connectivity index (χ4n) is 3.71. The number of nitrogens with zero attached hydrogens (tertiary/aromatic N) is 5. The number of aryl methyl sites for hydroxylation is 1. The van der Waals surface area contributed by atoms with Crippen LogP contribution in [0.2, 0.25) is 0 Å². The number of hydrogen-bond acceptors (Lipinski definition) is 4. The van der Waals surface area contributed by atoms with E-state index in [1.807, 2.05) is 12.1 Å². The second-order valence-electron chi connectivity index (χ2n) is 7.04. The van der Waals surface area contributed by atoms with Crippen molar-refractivity contribution in [1.82, 2.24) is 24.5 Å². The molecule has 1 saturated heterocycles. The highest BCUT2D eigenvalue weighted by atomic mass is 19.4. The standard InChI is InChI=1S/C19H20F3N5/c1-13-5-2-3-6-14(13)10-26-8-4-7-15(11-26)16-9-17(19(20,21)22)27-18(25-16)23-12-24-27/h2-3,5-6,9,12,15H,4,7-8,10-11H2,1H3. The first-order valence-corrected chi connectivity index (χ1v) is 8.96. The molecular weight excluding hydrogens is 355 g/mol. The van der Waals surface area contributed by atoms with Crippen LogP contribution in [0.15, 0.2) is 36.7 Å². The number of halogens is 3. The van der Waals surface area contributed by atoms with Crippen LogP contribution in [-0.4, -0.2) is 37.6 Å². The predicted molar refractivity (Wildman–Crippen MR) is 94.2 cm³/mol. The van der Waals surface area contributed by atoms with E-state index in [1.165, 1.54) is 11.1 Å². The third kappa shape index (κ3) is 3.66. The molecule has 0 saturated carbocycles. The van der Waals surface area contributed by atoms with Crippen molar-refractivity contribution in [2.75, 3.05) is 13.1 Å². The number of aromatic nitrogens is 4. The Hall–Kier alpha value is -2.48. The first-order valence-electron chi connectivity index (χ1n) is 8.96. The minimum atomic E-state index is -4.50. The second kappa shape index (κ2) is 6.92. The SMILES string of the molecule is Cc1ccccc1CN1CCCC(c2cc(C(F)(F)F)n3ncnc3n2)C1. The average Bonchev–Trinajstić information content (AvgIpc) is 3.11. The molecule has 0 N–H and O–H groups in total. The summed E-state index contributed by atoms with van der Waals surface area (Å²) < 4.78 is 41.0. The highest BCUT2D eigenvalue weighted by Crippen LogP contribution is 2.33. The molecule has 0 bridgehead atoms. The minimum absolute atomic E-state index is 0.00384. The van der Waals surface area contributed by atoms with Gasteiger partial charge in [0, 0.05) is 19.0 Å². The molecule has 3 heterocycles. The van der Waals surface area contributed by atoms with E-state index in [-0.39, 0.29) is 11.7 Å². The van der Waals surface area contributed by atoms with Crippen molar-refractivity contribution >= 4 is 5.78 Å². The molecule has 1 aromatic carbocycles. The van der Waals surface area contributed by atoms with E-state index in [0.29, 0.717) is 12.2 Å². The summed E-state index contributed by atoms with van der Waals surface area (Å²) in [5.74, 6) is -0.0542. The highest BCUT2D eigenvalue weighted by Gasteiger charge is 2.36. The Kier molecular flexibility index (Phi) is 4.59. The molecule has 1 atom stereocenters. The van der Waals surface area contributed by atoms with Crippen LogP contribution in [0.5, 0.6) is 0 Å². The van der Waals surface area contributed by atoms with Gasteiger partial charge in [0.15, 0.2) is 5.69 Å². The van der Waals surface area contributed by atoms with Gasteiger partial charge in [-0.15, -0.1) is 0 Å². The lowest BCUT2D eigenvalue weighted by Crippen LogP contribution is -2.34. The predicted octanol–water partition coefficient (Wildman–Crippen LogP) is 3.83. The van der Waals surface area contributed by atoms with E-state index in [4.69, 9.17) is 0 Å². The molecule has 27 heavy (non-hydrogen) atoms. The summed E-state index contributed by atoms with van der Waals surface area (Å²) in [7, 11) is 0. The summed E-state index contributed by atoms with van der Waals surface area (Å²) in [6.45, 7) is 4.49. The Morgan fingerprint density at radius 1 is 1.22 bits per heavy atom. The summed E-state index contributed by atoms with van der Waals surface area (Å²) in [6.07, 6.45) is -1.65. The molecule has 4 rings (SSSR count). The molecule has 0 aliphatic carbocycles. The van der Waals surface area contributed by atoms with Gasteiger partial charge in [0.2, 0.25) is 0 Å². The Morgan fingerprint density at radius 2 is 2.04 bits per heavy atom. The van der Waals surface area contributed by atoms with E-state index in [9.17, 15) is 13.2 Å². The molecule has 3 aromatic rings. The van der Waals surface area contributed by atoms with Gasteiger partial charge in [-0.3, -0.25) is 4.90 Å². The summed E-state index contributed by atoms with van der Waals surface area (Å²) in [6, 6.07) is 9.33. The first kappa shape index (κ1) is 17.9. The van der Waals surface area contributed by atoms with Crippen molar-refractivity contribution in [2.45, 2.75) is 38.4 Å². The van der Waals surface area contributed by atoms with E-state index in [0.717, 1.165) is 42.8 Å². The van der Waals surface area contributed by atoms with Gasteiger partial charge in [0.05, 0.1) is 5.69 Å². The lowest BCUT2D eigenvalue weighted by Gasteiger charge is -2.33. The largest absolute Gasteiger partial charge is 0.433 e. The Bertz CT molecular complexity index is 950. The quantitative estimate of drug-likeness (QED) is 0.698. The van der Waals surface area contributed by atoms with Crippen LogP contribution in [0.3, 0.4) is 0 Å². The normalized spacial score (nSPS) is 18.9. The fraction of sp³-hybridized carbons (Fsp3) is 0.421. The van der Waals surface area contributed by atoms with Crippen LogP contribution in [0, 0.1) is 6.92 Å². The molecule has 1 aliphatic rings. The number of fused-ring (bicyclic) bond motifs is 1. The topological polar surface area (TPSA) is 46.3 Å². The number of benzene rings is 1. The molecule has 1 unspecified atom stereocenters. The molecule has 2 aromatic heterocycles. The third-order valence-corrected chi connectivity index (χ3v) is 5.14. The van der Waals surface area contributed by atoms with Crippen molar-refractivity contribution in [1.29, 1.82) is 0 Å². The van der Waals surface area contributed by atoms with Crippen LogP contribution in [0.1, 0.15) is 41.3 Å². The Labute approximate surface area is 154 Å². The first-order chi connectivity index (χ1) is 12.9. The van der Waals surface area contributed by atoms with Crippen molar-refractivity contribution in [3.05, 3.63) is 59.2 Å². The smallest absolute Gasteiger partial charge is 0.298 e. The fourth-order valence-corrected chi connectivity index (χ4v) is 3.71. The lowest BCUT2D eigenvalue weighted by molar-refractivity contribution is -0.142. The molecule has 142 valence electrons. The maximum atomic E-state index is 13.4. The van der Waals surface area contributed by atoms with Crippen molar-refractivity contribution < 1.29 is 13.2 Å². The molecule has 0 spiro atoms. The zero-order valence-corrected chi connectivity index (χ0v) is 14.9. The van der Waals surface area contributed by atoms with Gasteiger partial charge in [0.1, 0.15) is 6.33 Å². The van der Waals surface area contributed by atoms with E-state index in [1.54, 1.807) is 0 Å². The van der Waals surface area contributed by atoms with Crippen LogP contribution in [0.4, 0.5) is 13.2 Å². The minimum Gasteiger partial charge on any atom is -0.298 e. The third-order valence-electron chi connectivity index (χ3n) is 5.14. The number of piperidine rings is 1. The van der Waals surface area contributed by atoms with Crippen LogP contribution >= 0.6 is 0 Å². The molecule has 1 aliphatic heterocycles. The summed E-state index contributed by atoms with van der Waals surface area (Å²) in [5.41, 5.74) is 2.09. The van der Waals surface area contributed by atoms with Crippen molar-refractivity contribution in [3.8, 4) is 0 Å². The molecule has 5 nitrogen and oxygen atoms in total. The monoisotopic (exact) mass is 375 g/mol. The van der Waals surface area contributed by atoms with Gasteiger partial charge in [-0.05, 0) is 43.5 Å². The van der Waals surface area contributed by atoms with Gasteiger partial charge < -0.3 is 0 Å². The number of likely N-dealkylation sites (tertiary alicyclic amines) is 1. The molecule has 8 heteroatoms. The van der Waals surface area contributed by atoms with Gasteiger partial charge >= 0.3 is 6.18 Å². The molecular formula is C19H20F3N5. The van der Waals surface area contributed by atoms with Gasteiger partial charge in [-0.1, -0.05) is 24.3 Å². The molecule has 1 fully saturated rings. The second-order valence-corrected chi connectivity index (χ2v) is 7.04. The summed E-state index contributed by atoms with van der Waals surface area (Å²) in [4.78, 5) is 10.5. The zero-order chi connectivity index (χ0) is 19.0. The maximum absolute atomic E-state index is 13.4. The highest BCUT2D eigenvalue weighted by molar-refractivity contribution is 5.33. The van der Waals surface area contributed by atoms with Gasteiger partial charge in [0.25, 0.3) is 5.78 Å². The van der Waals surface area contributed by atoms with Gasteiger partial charge in [-0.25, -0.2) is 4.98 Å². The number of alkyl halides is 3. The summed E-state index contributed by atoms with van der Waals surface area (Å²) >= 11 is 0. The van der Waals surface area contributed by atoms with Gasteiger partial charge in [-0.2, -0.15) is 27.8 Å². The zero-order valence-electron chi connectivity index (χ0n) is 14.9. The van der Waals surface area contributed by atoms with Crippen LogP contribution in [0.25, 0.3) is 5.78 Å². The van der Waals surface area contributed by atoms with E-state index < -0.39 is 11.9 Å². The number of hydrogen-bond donors (Lipinski definition) is 0. The average molecular weight is 375 g/mol. The molecule has 0 radical (unpaired) electrons. The Morgan fingerprint density at radius 3 is 2.81 bits per heavy atom. The Balaban J connectivity index is 1.60. The van der Waals surface area contributed by atoms with Crippen LogP contribution < -0.4 is 0 Å². The van der Waals surface area contributed by atoms with Crippen molar-refractivity contribution in [3.63, 3.8) is 0 Å². The van der Waals surface area contributed by atoms with E-state index in [2.05, 4.69) is 39.0 Å².